The van der Waals surface area contributed by atoms with Crippen molar-refractivity contribution in [3.8, 4) is 11.3 Å². The summed E-state index contributed by atoms with van der Waals surface area (Å²) >= 11 is 0. The predicted octanol–water partition coefficient (Wildman–Crippen LogP) is 1.07. The molecule has 3 N–H and O–H groups in total. The van der Waals surface area contributed by atoms with Crippen molar-refractivity contribution >= 4 is 0 Å². The van der Waals surface area contributed by atoms with Gasteiger partial charge in [-0.2, -0.15) is 0 Å². The Kier molecular flexibility index (Phi) is 5.96. The van der Waals surface area contributed by atoms with Crippen LogP contribution in [0.2, 0.25) is 0 Å². The van der Waals surface area contributed by atoms with Crippen molar-refractivity contribution < 1.29 is 19.0 Å². The smallest absolute Gasteiger partial charge is 0.158 e. The van der Waals surface area contributed by atoms with Gasteiger partial charge in [0, 0.05) is 0 Å². The molecule has 0 amide bonds. The lowest BCUT2D eigenvalue weighted by atomic mass is 10.1. The fourth-order valence-electron chi connectivity index (χ4n) is 2.45. The highest BCUT2D eigenvalue weighted by atomic mass is 19.1. The van der Waals surface area contributed by atoms with Crippen molar-refractivity contribution in [2.75, 3.05) is 26.2 Å². The summed E-state index contributed by atoms with van der Waals surface area (Å²) in [4.78, 5) is 1.61. The average Bonchev–Trinajstić information content (AvgIpc) is 2.96. The van der Waals surface area contributed by atoms with Gasteiger partial charge in [-0.1, -0.05) is 12.1 Å². The van der Waals surface area contributed by atoms with E-state index in [1.54, 1.807) is 17.0 Å². The van der Waals surface area contributed by atoms with Crippen LogP contribution < -0.4 is 10.2 Å². The molecule has 3 nitrogen and oxygen atoms in total. The van der Waals surface area contributed by atoms with Crippen LogP contribution in [0.1, 0.15) is 19.6 Å². The number of nitrogens with one attached hydrogen (secondary N) is 1. The molecule has 0 saturated carbocycles. The molecule has 0 saturated heterocycles. The number of hydrogen-bond donors (Lipinski definition) is 2. The first-order chi connectivity index (χ1) is 10.2. The van der Waals surface area contributed by atoms with Gasteiger partial charge in [-0.25, -0.2) is 4.39 Å². The van der Waals surface area contributed by atoms with Gasteiger partial charge in [-0.3, -0.25) is 0 Å². The van der Waals surface area contributed by atoms with E-state index < -0.39 is 0 Å². The SMILES string of the molecule is CC[NH+](CC)CC[NH2+]Cc1ccc(-c2ccccc2F)o1. The second kappa shape index (κ2) is 7.96. The third kappa shape index (κ3) is 4.41. The van der Waals surface area contributed by atoms with Crippen LogP contribution in [-0.2, 0) is 6.54 Å². The van der Waals surface area contributed by atoms with Gasteiger partial charge >= 0.3 is 0 Å². The van der Waals surface area contributed by atoms with Gasteiger partial charge in [0.15, 0.2) is 5.76 Å². The normalized spacial score (nSPS) is 11.2. The molecule has 0 atom stereocenters. The molecule has 0 bridgehead atoms. The highest BCUT2D eigenvalue weighted by Gasteiger charge is 2.10. The molecule has 1 aromatic heterocycles. The Labute approximate surface area is 125 Å². The molecule has 0 aliphatic heterocycles. The Morgan fingerprint density at radius 3 is 2.57 bits per heavy atom. The summed E-state index contributed by atoms with van der Waals surface area (Å²) in [7, 11) is 0. The van der Waals surface area contributed by atoms with Crippen molar-refractivity contribution in [3.05, 3.63) is 48.0 Å². The molecule has 0 radical (unpaired) electrons. The van der Waals surface area contributed by atoms with Crippen molar-refractivity contribution in [3.63, 3.8) is 0 Å². The number of rotatable bonds is 8. The largest absolute Gasteiger partial charge is 0.455 e. The molecule has 0 unspecified atom stereocenters. The fraction of sp³-hybridized carbons (Fsp3) is 0.412. The maximum atomic E-state index is 13.7. The second-order valence-electron chi connectivity index (χ2n) is 5.23. The Morgan fingerprint density at radius 1 is 1.10 bits per heavy atom. The molecule has 2 rings (SSSR count). The number of likely N-dealkylation sites (N-methyl/N-ethyl adjacent to an activating group) is 1. The Balaban J connectivity index is 1.85. The lowest BCUT2D eigenvalue weighted by molar-refractivity contribution is -0.910. The van der Waals surface area contributed by atoms with Gasteiger partial charge in [-0.15, -0.1) is 0 Å². The van der Waals surface area contributed by atoms with Crippen molar-refractivity contribution in [2.24, 2.45) is 0 Å². The summed E-state index contributed by atoms with van der Waals surface area (Å²) < 4.78 is 19.4. The minimum absolute atomic E-state index is 0.243. The lowest BCUT2D eigenvalue weighted by Gasteiger charge is -2.13. The Hall–Kier alpha value is -1.65. The first-order valence-electron chi connectivity index (χ1n) is 7.73. The number of benzene rings is 1. The maximum Gasteiger partial charge on any atom is 0.158 e. The minimum atomic E-state index is -0.243. The highest BCUT2D eigenvalue weighted by Crippen LogP contribution is 2.24. The van der Waals surface area contributed by atoms with E-state index in [9.17, 15) is 4.39 Å². The molecule has 0 spiro atoms. The van der Waals surface area contributed by atoms with E-state index in [2.05, 4.69) is 19.2 Å². The lowest BCUT2D eigenvalue weighted by Crippen LogP contribution is -3.14. The van der Waals surface area contributed by atoms with E-state index in [4.69, 9.17) is 4.42 Å². The number of quaternary nitrogens is 2. The van der Waals surface area contributed by atoms with E-state index in [1.165, 1.54) is 19.2 Å². The molecular formula is C17H25FN2O+2. The van der Waals surface area contributed by atoms with Crippen LogP contribution in [0.3, 0.4) is 0 Å². The molecule has 0 fully saturated rings. The van der Waals surface area contributed by atoms with Crippen LogP contribution >= 0.6 is 0 Å². The number of halogens is 1. The molecule has 2 aromatic rings. The van der Waals surface area contributed by atoms with Crippen LogP contribution in [0, 0.1) is 5.82 Å². The first-order valence-corrected chi connectivity index (χ1v) is 7.73. The number of nitrogens with two attached hydrogens (primary N) is 1. The average molecular weight is 292 g/mol. The third-order valence-corrected chi connectivity index (χ3v) is 3.85. The summed E-state index contributed by atoms with van der Waals surface area (Å²) in [5, 5.41) is 2.25. The minimum Gasteiger partial charge on any atom is -0.455 e. The second-order valence-corrected chi connectivity index (χ2v) is 5.23. The Morgan fingerprint density at radius 2 is 1.86 bits per heavy atom. The summed E-state index contributed by atoms with van der Waals surface area (Å²) in [5.74, 6) is 1.25. The molecule has 0 aliphatic rings. The van der Waals surface area contributed by atoms with Gasteiger partial charge in [0.1, 0.15) is 31.2 Å². The molecular weight excluding hydrogens is 267 g/mol. The monoisotopic (exact) mass is 292 g/mol. The maximum absolute atomic E-state index is 13.7. The quantitative estimate of drug-likeness (QED) is 0.701. The van der Waals surface area contributed by atoms with Gasteiger partial charge < -0.3 is 14.6 Å². The van der Waals surface area contributed by atoms with E-state index in [0.717, 1.165) is 25.4 Å². The number of hydrogen-bond acceptors (Lipinski definition) is 1. The molecule has 21 heavy (non-hydrogen) atoms. The van der Waals surface area contributed by atoms with Gasteiger partial charge in [-0.05, 0) is 38.1 Å². The molecule has 4 heteroatoms. The van der Waals surface area contributed by atoms with E-state index >= 15 is 0 Å². The van der Waals surface area contributed by atoms with Gasteiger partial charge in [0.25, 0.3) is 0 Å². The molecule has 1 aromatic carbocycles. The first kappa shape index (κ1) is 15.7. The molecule has 1 heterocycles. The van der Waals surface area contributed by atoms with Crippen molar-refractivity contribution in [2.45, 2.75) is 20.4 Å². The van der Waals surface area contributed by atoms with E-state index in [0.29, 0.717) is 11.3 Å². The van der Waals surface area contributed by atoms with Crippen LogP contribution in [0.4, 0.5) is 4.39 Å². The Bertz CT molecular complexity index is 549. The third-order valence-electron chi connectivity index (χ3n) is 3.85. The zero-order valence-electron chi connectivity index (χ0n) is 12.9. The topological polar surface area (TPSA) is 34.2 Å². The zero-order valence-corrected chi connectivity index (χ0v) is 12.9. The number of furan rings is 1. The van der Waals surface area contributed by atoms with Crippen LogP contribution in [0.25, 0.3) is 11.3 Å². The van der Waals surface area contributed by atoms with Crippen molar-refractivity contribution in [1.82, 2.24) is 0 Å². The van der Waals surface area contributed by atoms with E-state index in [-0.39, 0.29) is 5.82 Å². The summed E-state index contributed by atoms with van der Waals surface area (Å²) in [6.07, 6.45) is 0. The van der Waals surface area contributed by atoms with Crippen LogP contribution in [0.15, 0.2) is 40.8 Å². The van der Waals surface area contributed by atoms with Crippen molar-refractivity contribution in [1.29, 1.82) is 0 Å². The summed E-state index contributed by atoms with van der Waals surface area (Å²) in [6, 6.07) is 10.5. The highest BCUT2D eigenvalue weighted by molar-refractivity contribution is 5.58. The van der Waals surface area contributed by atoms with Gasteiger partial charge in [0.2, 0.25) is 0 Å². The summed E-state index contributed by atoms with van der Waals surface area (Å²) in [5.41, 5.74) is 0.524. The van der Waals surface area contributed by atoms with Crippen LogP contribution in [0.5, 0.6) is 0 Å². The fourth-order valence-corrected chi connectivity index (χ4v) is 2.45. The summed E-state index contributed by atoms with van der Waals surface area (Å²) in [6.45, 7) is 9.80. The zero-order chi connectivity index (χ0) is 15.1. The standard InChI is InChI=1S/C17H23FN2O/c1-3-20(4-2)12-11-19-13-14-9-10-17(21-14)15-7-5-6-8-16(15)18/h5-10,19H,3-4,11-13H2,1-2H3/p+2. The van der Waals surface area contributed by atoms with E-state index in [1.807, 2.05) is 18.2 Å². The molecule has 114 valence electrons. The predicted molar refractivity (Wildman–Crippen MR) is 81.5 cm³/mol. The van der Waals surface area contributed by atoms with Gasteiger partial charge in [0.05, 0.1) is 18.7 Å². The van der Waals surface area contributed by atoms with Crippen LogP contribution in [-0.4, -0.2) is 26.2 Å². The molecule has 0 aliphatic carbocycles.